The summed E-state index contributed by atoms with van der Waals surface area (Å²) in [6.07, 6.45) is 1.60. The third kappa shape index (κ3) is 8.03. The minimum atomic E-state index is -3.55. The zero-order chi connectivity index (χ0) is 23.7. The number of halogens is 3. The van der Waals surface area contributed by atoms with Gasteiger partial charge in [0.25, 0.3) is 0 Å². The fourth-order valence-corrected chi connectivity index (χ4v) is 5.28. The van der Waals surface area contributed by atoms with Gasteiger partial charge in [-0.2, -0.15) is 11.8 Å². The molecule has 0 spiro atoms. The van der Waals surface area contributed by atoms with Gasteiger partial charge in [-0.3, -0.25) is 9.10 Å². The van der Waals surface area contributed by atoms with E-state index in [1.165, 1.54) is 35.3 Å². The van der Waals surface area contributed by atoms with Crippen LogP contribution in [-0.4, -0.2) is 46.5 Å². The Morgan fingerprint density at radius 1 is 1.22 bits per heavy atom. The van der Waals surface area contributed by atoms with Crippen LogP contribution in [0.25, 0.3) is 0 Å². The Hall–Kier alpha value is -1.68. The number of rotatable bonds is 12. The second-order valence-electron chi connectivity index (χ2n) is 6.86. The second-order valence-corrected chi connectivity index (χ2v) is 10.7. The van der Waals surface area contributed by atoms with Crippen LogP contribution < -0.4 is 14.4 Å². The van der Waals surface area contributed by atoms with E-state index >= 15 is 0 Å². The number of hydrogen-bond acceptors (Lipinski definition) is 5. The fraction of sp³-hybridized carbons (Fsp3) is 0.381. The molecule has 0 aliphatic rings. The number of ether oxygens (including phenoxy) is 1. The summed E-state index contributed by atoms with van der Waals surface area (Å²) in [5.74, 6) is 0.919. The van der Waals surface area contributed by atoms with Gasteiger partial charge in [0.1, 0.15) is 11.6 Å². The van der Waals surface area contributed by atoms with Crippen LogP contribution in [-0.2, 0) is 20.6 Å². The third-order valence-corrected chi connectivity index (χ3v) is 7.29. The Morgan fingerprint density at radius 2 is 1.97 bits per heavy atom. The van der Waals surface area contributed by atoms with Gasteiger partial charge in [0.2, 0.25) is 15.9 Å². The highest BCUT2D eigenvalue weighted by molar-refractivity contribution is 7.98. The van der Waals surface area contributed by atoms with Crippen molar-refractivity contribution in [2.45, 2.75) is 18.6 Å². The van der Waals surface area contributed by atoms with Gasteiger partial charge < -0.3 is 10.1 Å². The van der Waals surface area contributed by atoms with Crippen molar-refractivity contribution in [1.29, 1.82) is 0 Å². The predicted octanol–water partition coefficient (Wildman–Crippen LogP) is 4.74. The molecule has 0 unspecified atom stereocenters. The van der Waals surface area contributed by atoms with Gasteiger partial charge in [-0.15, -0.1) is 0 Å². The molecule has 1 N–H and O–H groups in total. The van der Waals surface area contributed by atoms with E-state index in [9.17, 15) is 17.6 Å². The molecule has 0 aromatic heterocycles. The van der Waals surface area contributed by atoms with Crippen LogP contribution in [0.1, 0.15) is 18.4 Å². The Balaban J connectivity index is 1.77. The molecule has 1 amide bonds. The number of nitrogens with zero attached hydrogens (tertiary/aromatic N) is 1. The maximum absolute atomic E-state index is 13.7. The van der Waals surface area contributed by atoms with Gasteiger partial charge in [0.15, 0.2) is 0 Å². The van der Waals surface area contributed by atoms with E-state index in [0.29, 0.717) is 51.5 Å². The van der Waals surface area contributed by atoms with E-state index in [0.717, 1.165) is 6.26 Å². The Labute approximate surface area is 202 Å². The van der Waals surface area contributed by atoms with Crippen LogP contribution in [0.5, 0.6) is 5.75 Å². The van der Waals surface area contributed by atoms with Crippen molar-refractivity contribution in [1.82, 2.24) is 5.32 Å². The van der Waals surface area contributed by atoms with Crippen LogP contribution in [0.2, 0.25) is 10.0 Å². The first-order valence-corrected chi connectivity index (χ1v) is 13.5. The van der Waals surface area contributed by atoms with Gasteiger partial charge >= 0.3 is 0 Å². The lowest BCUT2D eigenvalue weighted by atomic mass is 10.2. The lowest BCUT2D eigenvalue weighted by Crippen LogP contribution is -2.32. The number of sulfonamides is 1. The van der Waals surface area contributed by atoms with Crippen LogP contribution in [0.15, 0.2) is 36.4 Å². The second kappa shape index (κ2) is 12.5. The van der Waals surface area contributed by atoms with E-state index < -0.39 is 10.0 Å². The number of benzene rings is 2. The lowest BCUT2D eigenvalue weighted by Gasteiger charge is -2.23. The van der Waals surface area contributed by atoms with E-state index in [-0.39, 0.29) is 24.7 Å². The smallest absolute Gasteiger partial charge is 0.232 e. The number of anilines is 1. The lowest BCUT2D eigenvalue weighted by molar-refractivity contribution is -0.121. The Kier molecular flexibility index (Phi) is 10.4. The summed E-state index contributed by atoms with van der Waals surface area (Å²) in [7, 11) is -2.08. The van der Waals surface area contributed by atoms with Crippen molar-refractivity contribution in [2.75, 3.05) is 36.5 Å². The van der Waals surface area contributed by atoms with E-state index in [1.54, 1.807) is 24.3 Å². The largest absolute Gasteiger partial charge is 0.495 e. The number of hydrogen-bond donors (Lipinski definition) is 1. The summed E-state index contributed by atoms with van der Waals surface area (Å²) in [4.78, 5) is 12.1. The van der Waals surface area contributed by atoms with Crippen molar-refractivity contribution >= 4 is 56.6 Å². The van der Waals surface area contributed by atoms with Crippen LogP contribution in [0.4, 0.5) is 10.1 Å². The number of carbonyl (C=O) groups is 1. The van der Waals surface area contributed by atoms with E-state index in [1.807, 2.05) is 0 Å². The maximum atomic E-state index is 13.7. The molecule has 0 atom stereocenters. The molecule has 2 rings (SSSR count). The quantitative estimate of drug-likeness (QED) is 0.407. The van der Waals surface area contributed by atoms with E-state index in [4.69, 9.17) is 27.9 Å². The highest BCUT2D eigenvalue weighted by Crippen LogP contribution is 2.30. The number of nitrogens with one attached hydrogen (secondary N) is 1. The molecule has 0 bridgehead atoms. The summed E-state index contributed by atoms with van der Waals surface area (Å²) >= 11 is 13.6. The average Bonchev–Trinajstić information content (AvgIpc) is 2.72. The van der Waals surface area contributed by atoms with Crippen LogP contribution in [0, 0.1) is 5.82 Å². The summed E-state index contributed by atoms with van der Waals surface area (Å²) < 4.78 is 44.4. The first kappa shape index (κ1) is 26.6. The van der Waals surface area contributed by atoms with Crippen molar-refractivity contribution in [3.05, 3.63) is 57.8 Å². The SMILES string of the molecule is COc1ccc(N(CCCC(=O)NCCSCc2c(F)cccc2Cl)S(C)(=O)=O)cc1Cl. The summed E-state index contributed by atoms with van der Waals surface area (Å²) in [6.45, 7) is 0.550. The molecule has 11 heteroatoms. The van der Waals surface area contributed by atoms with Crippen molar-refractivity contribution < 1.29 is 22.3 Å². The minimum absolute atomic E-state index is 0.134. The highest BCUT2D eigenvalue weighted by atomic mass is 35.5. The molecule has 0 aliphatic carbocycles. The molecule has 0 saturated carbocycles. The summed E-state index contributed by atoms with van der Waals surface area (Å²) in [6, 6.07) is 9.27. The number of amides is 1. The molecule has 0 heterocycles. The Morgan fingerprint density at radius 3 is 2.59 bits per heavy atom. The molecule has 32 heavy (non-hydrogen) atoms. The molecule has 0 saturated heterocycles. The first-order chi connectivity index (χ1) is 15.1. The maximum Gasteiger partial charge on any atom is 0.232 e. The standard InChI is InChI=1S/C21H25Cl2FN2O4S2/c1-30-20-9-8-15(13-18(20)23)26(32(2,28)29)11-4-7-21(27)25-10-12-31-14-16-17(22)5-3-6-19(16)24/h3,5-6,8-9,13H,4,7,10-12,14H2,1-2H3,(H,25,27). The topological polar surface area (TPSA) is 75.7 Å². The van der Waals surface area contributed by atoms with Crippen LogP contribution in [0.3, 0.4) is 0 Å². The molecule has 6 nitrogen and oxygen atoms in total. The third-order valence-electron chi connectivity index (χ3n) is 4.47. The van der Waals surface area contributed by atoms with Gasteiger partial charge in [0.05, 0.1) is 24.1 Å². The Bertz CT molecular complexity index is 1020. The van der Waals surface area contributed by atoms with E-state index in [2.05, 4.69) is 5.32 Å². The molecule has 2 aromatic carbocycles. The number of methoxy groups -OCH3 is 1. The van der Waals surface area contributed by atoms with Gasteiger partial charge in [-0.05, 0) is 36.8 Å². The zero-order valence-electron chi connectivity index (χ0n) is 17.7. The predicted molar refractivity (Wildman–Crippen MR) is 130 cm³/mol. The molecule has 0 aliphatic heterocycles. The summed E-state index contributed by atoms with van der Waals surface area (Å²) in [5, 5.41) is 3.46. The highest BCUT2D eigenvalue weighted by Gasteiger charge is 2.19. The minimum Gasteiger partial charge on any atom is -0.495 e. The fourth-order valence-electron chi connectivity index (χ4n) is 2.88. The van der Waals surface area contributed by atoms with Crippen molar-refractivity contribution in [3.8, 4) is 5.75 Å². The van der Waals surface area contributed by atoms with Crippen molar-refractivity contribution in [3.63, 3.8) is 0 Å². The molecule has 2 aromatic rings. The molecular formula is C21H25Cl2FN2O4S2. The molecule has 176 valence electrons. The monoisotopic (exact) mass is 522 g/mol. The van der Waals surface area contributed by atoms with Gasteiger partial charge in [-0.1, -0.05) is 29.3 Å². The number of thioether (sulfide) groups is 1. The van der Waals surface area contributed by atoms with Gasteiger partial charge in [0, 0.05) is 41.6 Å². The zero-order valence-corrected chi connectivity index (χ0v) is 20.9. The molecule has 0 radical (unpaired) electrons. The summed E-state index contributed by atoms with van der Waals surface area (Å²) in [5.41, 5.74) is 0.854. The van der Waals surface area contributed by atoms with Gasteiger partial charge in [-0.25, -0.2) is 12.8 Å². The van der Waals surface area contributed by atoms with Crippen molar-refractivity contribution in [2.24, 2.45) is 0 Å². The average molecular weight is 523 g/mol. The normalized spacial score (nSPS) is 11.3. The first-order valence-electron chi connectivity index (χ1n) is 9.72. The molecular weight excluding hydrogens is 498 g/mol. The number of carbonyl (C=O) groups excluding carboxylic acids is 1. The van der Waals surface area contributed by atoms with Crippen LogP contribution >= 0.6 is 35.0 Å². The molecule has 0 fully saturated rings.